The van der Waals surface area contributed by atoms with Crippen molar-refractivity contribution >= 4 is 41.0 Å². The van der Waals surface area contributed by atoms with Crippen LogP contribution in [0.1, 0.15) is 19.8 Å². The Balaban J connectivity index is 0.00000264. The number of rotatable bonds is 8. The van der Waals surface area contributed by atoms with Crippen molar-refractivity contribution in [2.45, 2.75) is 26.3 Å². The Morgan fingerprint density at radius 1 is 1.30 bits per heavy atom. The summed E-state index contributed by atoms with van der Waals surface area (Å²) in [6, 6.07) is 5.00. The molecule has 1 aromatic heterocycles. The van der Waals surface area contributed by atoms with Crippen LogP contribution in [0.2, 0.25) is 5.02 Å². The minimum absolute atomic E-state index is 0. The van der Waals surface area contributed by atoms with Crippen molar-refractivity contribution in [1.82, 2.24) is 15.2 Å². The number of benzene rings is 1. The summed E-state index contributed by atoms with van der Waals surface area (Å²) in [5.41, 5.74) is 1.08. The van der Waals surface area contributed by atoms with Crippen molar-refractivity contribution in [3.05, 3.63) is 33.8 Å². The van der Waals surface area contributed by atoms with Crippen LogP contribution in [0.15, 0.2) is 27.4 Å². The van der Waals surface area contributed by atoms with Gasteiger partial charge in [-0.3, -0.25) is 9.36 Å². The molecule has 8 heteroatoms. The van der Waals surface area contributed by atoms with Gasteiger partial charge in [-0.2, -0.15) is 0 Å². The van der Waals surface area contributed by atoms with Gasteiger partial charge in [0.1, 0.15) is 0 Å². The lowest BCUT2D eigenvalue weighted by atomic mass is 10.3. The van der Waals surface area contributed by atoms with Gasteiger partial charge in [-0.05, 0) is 25.1 Å². The fourth-order valence-electron chi connectivity index (χ4n) is 2.15. The minimum atomic E-state index is -0.477. The number of hydrogen-bond acceptors (Lipinski definition) is 4. The molecule has 2 N–H and O–H groups in total. The fourth-order valence-corrected chi connectivity index (χ4v) is 2.31. The number of nitrogens with one attached hydrogen (secondary N) is 2. The highest BCUT2D eigenvalue weighted by molar-refractivity contribution is 6.31. The number of hydrogen-bond donors (Lipinski definition) is 2. The summed E-state index contributed by atoms with van der Waals surface area (Å²) in [4.78, 5) is 23.6. The SMILES string of the molecule is CCCNCCNC(=O)CCn1c(=O)oc2cc(Cl)ccc21.Cl. The van der Waals surface area contributed by atoms with Crippen molar-refractivity contribution in [1.29, 1.82) is 0 Å². The maximum Gasteiger partial charge on any atom is 0.419 e. The van der Waals surface area contributed by atoms with Gasteiger partial charge in [-0.15, -0.1) is 12.4 Å². The van der Waals surface area contributed by atoms with E-state index in [4.69, 9.17) is 16.0 Å². The predicted molar refractivity (Wildman–Crippen MR) is 93.5 cm³/mol. The van der Waals surface area contributed by atoms with Crippen LogP contribution in [-0.4, -0.2) is 30.1 Å². The normalized spacial score (nSPS) is 10.5. The van der Waals surface area contributed by atoms with Gasteiger partial charge in [0.05, 0.1) is 5.52 Å². The van der Waals surface area contributed by atoms with Crippen LogP contribution >= 0.6 is 24.0 Å². The first-order valence-corrected chi connectivity index (χ1v) is 7.76. The van der Waals surface area contributed by atoms with E-state index in [1.165, 1.54) is 4.57 Å². The van der Waals surface area contributed by atoms with Crippen molar-refractivity contribution in [3.8, 4) is 0 Å². The Hall–Kier alpha value is -1.50. The molecule has 0 aliphatic carbocycles. The lowest BCUT2D eigenvalue weighted by molar-refractivity contribution is -0.121. The molecule has 1 aromatic carbocycles. The van der Waals surface area contributed by atoms with Crippen LogP contribution in [0.5, 0.6) is 0 Å². The molecule has 23 heavy (non-hydrogen) atoms. The highest BCUT2D eigenvalue weighted by atomic mass is 35.5. The third-order valence-electron chi connectivity index (χ3n) is 3.24. The Labute approximate surface area is 145 Å². The molecule has 0 saturated heterocycles. The van der Waals surface area contributed by atoms with E-state index < -0.39 is 5.76 Å². The Bertz CT molecular complexity index is 697. The molecule has 0 unspecified atom stereocenters. The van der Waals surface area contributed by atoms with Crippen LogP contribution < -0.4 is 16.4 Å². The van der Waals surface area contributed by atoms with Gasteiger partial charge < -0.3 is 15.1 Å². The van der Waals surface area contributed by atoms with E-state index in [0.29, 0.717) is 22.7 Å². The van der Waals surface area contributed by atoms with Gasteiger partial charge in [-0.1, -0.05) is 18.5 Å². The molecule has 0 fully saturated rings. The molecule has 2 aromatic rings. The number of oxazole rings is 1. The molecule has 0 bridgehead atoms. The molecule has 0 atom stereocenters. The van der Waals surface area contributed by atoms with E-state index in [9.17, 15) is 9.59 Å². The third kappa shape index (κ3) is 5.57. The second-order valence-corrected chi connectivity index (χ2v) is 5.42. The molecule has 6 nitrogen and oxygen atoms in total. The molecule has 0 aliphatic heterocycles. The number of amides is 1. The zero-order valence-electron chi connectivity index (χ0n) is 12.9. The summed E-state index contributed by atoms with van der Waals surface area (Å²) >= 11 is 5.86. The summed E-state index contributed by atoms with van der Waals surface area (Å²) in [7, 11) is 0. The largest absolute Gasteiger partial charge is 0.419 e. The standard InChI is InChI=1S/C15H20ClN3O3.ClH/c1-2-6-17-7-8-18-14(20)5-9-19-12-4-3-11(16)10-13(12)22-15(19)21;/h3-4,10,17H,2,5-9H2,1H3,(H,18,20);1H. The predicted octanol–water partition coefficient (Wildman–Crippen LogP) is 2.18. The lowest BCUT2D eigenvalue weighted by Crippen LogP contribution is -2.33. The van der Waals surface area contributed by atoms with E-state index in [1.807, 2.05) is 0 Å². The highest BCUT2D eigenvalue weighted by Crippen LogP contribution is 2.18. The molecule has 0 aliphatic rings. The Morgan fingerprint density at radius 3 is 2.83 bits per heavy atom. The summed E-state index contributed by atoms with van der Waals surface area (Å²) < 4.78 is 6.56. The van der Waals surface area contributed by atoms with Crippen molar-refractivity contribution in [2.75, 3.05) is 19.6 Å². The zero-order chi connectivity index (χ0) is 15.9. The number of fused-ring (bicyclic) bond motifs is 1. The van der Waals surface area contributed by atoms with E-state index in [1.54, 1.807) is 18.2 Å². The monoisotopic (exact) mass is 361 g/mol. The van der Waals surface area contributed by atoms with Crippen molar-refractivity contribution in [2.24, 2.45) is 0 Å². The van der Waals surface area contributed by atoms with Gasteiger partial charge in [0.25, 0.3) is 0 Å². The first-order valence-electron chi connectivity index (χ1n) is 7.38. The van der Waals surface area contributed by atoms with Gasteiger partial charge in [0.2, 0.25) is 5.91 Å². The van der Waals surface area contributed by atoms with Crippen LogP contribution in [-0.2, 0) is 11.3 Å². The molecular weight excluding hydrogens is 341 g/mol. The number of nitrogens with zero attached hydrogens (tertiary/aromatic N) is 1. The minimum Gasteiger partial charge on any atom is -0.408 e. The van der Waals surface area contributed by atoms with E-state index >= 15 is 0 Å². The van der Waals surface area contributed by atoms with E-state index in [0.717, 1.165) is 19.5 Å². The van der Waals surface area contributed by atoms with E-state index in [2.05, 4.69) is 17.6 Å². The first-order chi connectivity index (χ1) is 10.6. The summed E-state index contributed by atoms with van der Waals surface area (Å²) in [5, 5.41) is 6.52. The van der Waals surface area contributed by atoms with Crippen LogP contribution in [0.25, 0.3) is 11.1 Å². The molecular formula is C15H21Cl2N3O3. The first kappa shape index (κ1) is 19.5. The smallest absolute Gasteiger partial charge is 0.408 e. The summed E-state index contributed by atoms with van der Waals surface area (Å²) in [5.74, 6) is -0.566. The molecule has 2 rings (SSSR count). The third-order valence-corrected chi connectivity index (χ3v) is 3.48. The number of carbonyl (C=O) groups is 1. The molecule has 0 saturated carbocycles. The van der Waals surface area contributed by atoms with Crippen LogP contribution in [0, 0.1) is 0 Å². The molecule has 0 radical (unpaired) electrons. The number of halogens is 2. The molecule has 0 spiro atoms. The fraction of sp³-hybridized carbons (Fsp3) is 0.467. The van der Waals surface area contributed by atoms with Crippen LogP contribution in [0.4, 0.5) is 0 Å². The molecule has 1 amide bonds. The Kier molecular flexibility index (Phi) is 8.16. The summed E-state index contributed by atoms with van der Waals surface area (Å²) in [6.07, 6.45) is 1.29. The van der Waals surface area contributed by atoms with Gasteiger partial charge in [-0.25, -0.2) is 4.79 Å². The topological polar surface area (TPSA) is 76.3 Å². The maximum atomic E-state index is 11.8. The second-order valence-electron chi connectivity index (χ2n) is 4.98. The second kappa shape index (κ2) is 9.60. The average Bonchev–Trinajstić information content (AvgIpc) is 2.79. The van der Waals surface area contributed by atoms with E-state index in [-0.39, 0.29) is 31.3 Å². The quantitative estimate of drug-likeness (QED) is 0.706. The van der Waals surface area contributed by atoms with Crippen LogP contribution in [0.3, 0.4) is 0 Å². The lowest BCUT2D eigenvalue weighted by Gasteiger charge is -2.06. The number of carbonyl (C=O) groups excluding carboxylic acids is 1. The average molecular weight is 362 g/mol. The Morgan fingerprint density at radius 2 is 2.09 bits per heavy atom. The number of aryl methyl sites for hydroxylation is 1. The number of aromatic nitrogens is 1. The van der Waals surface area contributed by atoms with Crippen molar-refractivity contribution in [3.63, 3.8) is 0 Å². The summed E-state index contributed by atoms with van der Waals surface area (Å²) in [6.45, 7) is 4.63. The maximum absolute atomic E-state index is 11.8. The molecule has 128 valence electrons. The van der Waals surface area contributed by atoms with Gasteiger partial charge >= 0.3 is 5.76 Å². The zero-order valence-corrected chi connectivity index (χ0v) is 14.5. The van der Waals surface area contributed by atoms with Crippen molar-refractivity contribution < 1.29 is 9.21 Å². The molecule has 1 heterocycles. The van der Waals surface area contributed by atoms with Gasteiger partial charge in [0, 0.05) is 37.1 Å². The van der Waals surface area contributed by atoms with Gasteiger partial charge in [0.15, 0.2) is 5.58 Å². The highest BCUT2D eigenvalue weighted by Gasteiger charge is 2.11.